The average Bonchev–Trinajstić information content (AvgIpc) is 2.48. The van der Waals surface area contributed by atoms with Gasteiger partial charge in [-0.15, -0.1) is 0 Å². The molecule has 0 unspecified atom stereocenters. The van der Waals surface area contributed by atoms with Gasteiger partial charge in [-0.25, -0.2) is 8.42 Å². The van der Waals surface area contributed by atoms with Crippen molar-refractivity contribution in [1.29, 1.82) is 0 Å². The minimum Gasteiger partial charge on any atom is -0.497 e. The number of rotatable bonds is 5. The third-order valence-electron chi connectivity index (χ3n) is 2.82. The van der Waals surface area contributed by atoms with Crippen molar-refractivity contribution in [1.82, 2.24) is 0 Å². The fraction of sp³-hybridized carbons (Fsp3) is 0.133. The molecule has 0 bridgehead atoms. The van der Waals surface area contributed by atoms with Crippen LogP contribution in [0.3, 0.4) is 0 Å². The van der Waals surface area contributed by atoms with E-state index < -0.39 is 10.0 Å². The normalized spacial score (nSPS) is 10.8. The molecule has 2 N–H and O–H groups in total. The number of para-hydroxylation sites is 2. The molecule has 0 heterocycles. The summed E-state index contributed by atoms with van der Waals surface area (Å²) in [6.07, 6.45) is 1.05. The number of hydrogen-bond donors (Lipinski definition) is 2. The van der Waals surface area contributed by atoms with Crippen LogP contribution < -0.4 is 14.8 Å². The Bertz CT molecular complexity index is 770. The van der Waals surface area contributed by atoms with Crippen LogP contribution in [0.25, 0.3) is 0 Å². The fourth-order valence-corrected chi connectivity index (χ4v) is 2.40. The van der Waals surface area contributed by atoms with Gasteiger partial charge >= 0.3 is 0 Å². The van der Waals surface area contributed by atoms with E-state index in [1.807, 2.05) is 0 Å². The van der Waals surface area contributed by atoms with Gasteiger partial charge in [0.1, 0.15) is 5.75 Å². The summed E-state index contributed by atoms with van der Waals surface area (Å²) in [5.41, 5.74) is 1.13. The van der Waals surface area contributed by atoms with Crippen LogP contribution in [0.15, 0.2) is 48.5 Å². The van der Waals surface area contributed by atoms with Crippen LogP contribution in [0.5, 0.6) is 5.75 Å². The zero-order valence-corrected chi connectivity index (χ0v) is 13.0. The number of carbonyl (C=O) groups is 1. The maximum absolute atomic E-state index is 12.2. The highest BCUT2D eigenvalue weighted by Gasteiger charge is 2.11. The quantitative estimate of drug-likeness (QED) is 0.885. The number of amides is 1. The van der Waals surface area contributed by atoms with E-state index in [4.69, 9.17) is 4.74 Å². The largest absolute Gasteiger partial charge is 0.497 e. The number of nitrogens with one attached hydrogen (secondary N) is 2. The molecule has 0 saturated carbocycles. The summed E-state index contributed by atoms with van der Waals surface area (Å²) in [5, 5.41) is 2.68. The molecule has 0 aromatic heterocycles. The highest BCUT2D eigenvalue weighted by atomic mass is 32.2. The first-order valence-electron chi connectivity index (χ1n) is 6.41. The maximum Gasteiger partial charge on any atom is 0.255 e. The molecule has 7 heteroatoms. The lowest BCUT2D eigenvalue weighted by molar-refractivity contribution is 0.102. The molecule has 0 aliphatic carbocycles. The Labute approximate surface area is 129 Å². The molecule has 0 saturated heterocycles. The van der Waals surface area contributed by atoms with E-state index in [1.165, 1.54) is 0 Å². The van der Waals surface area contributed by atoms with Crippen molar-refractivity contribution in [2.45, 2.75) is 0 Å². The van der Waals surface area contributed by atoms with Gasteiger partial charge in [0.2, 0.25) is 10.0 Å². The minimum atomic E-state index is -3.43. The van der Waals surface area contributed by atoms with E-state index in [0.29, 0.717) is 22.7 Å². The monoisotopic (exact) mass is 320 g/mol. The third kappa shape index (κ3) is 4.23. The summed E-state index contributed by atoms with van der Waals surface area (Å²) in [7, 11) is -1.88. The zero-order valence-electron chi connectivity index (χ0n) is 12.2. The predicted molar refractivity (Wildman–Crippen MR) is 85.9 cm³/mol. The smallest absolute Gasteiger partial charge is 0.255 e. The Morgan fingerprint density at radius 1 is 1.00 bits per heavy atom. The van der Waals surface area contributed by atoms with E-state index in [2.05, 4.69) is 10.0 Å². The van der Waals surface area contributed by atoms with Gasteiger partial charge in [0.25, 0.3) is 5.91 Å². The number of sulfonamides is 1. The van der Waals surface area contributed by atoms with Crippen molar-refractivity contribution in [3.63, 3.8) is 0 Å². The standard InChI is InChI=1S/C15H16N2O4S/c1-21-12-9-7-11(8-10-12)15(18)16-13-5-3-4-6-14(13)17-22(2,19)20/h3-10,17H,1-2H3,(H,16,18). The van der Waals surface area contributed by atoms with Crippen molar-refractivity contribution < 1.29 is 17.9 Å². The fourth-order valence-electron chi connectivity index (χ4n) is 1.82. The first-order chi connectivity index (χ1) is 10.4. The lowest BCUT2D eigenvalue weighted by atomic mass is 10.2. The molecular weight excluding hydrogens is 304 g/mol. The molecule has 0 aliphatic rings. The topological polar surface area (TPSA) is 84.5 Å². The number of benzene rings is 2. The van der Waals surface area contributed by atoms with Gasteiger partial charge in [-0.2, -0.15) is 0 Å². The minimum absolute atomic E-state index is 0.312. The number of hydrogen-bond acceptors (Lipinski definition) is 4. The van der Waals surface area contributed by atoms with Crippen LogP contribution in [0.1, 0.15) is 10.4 Å². The van der Waals surface area contributed by atoms with Crippen LogP contribution in [0.4, 0.5) is 11.4 Å². The Morgan fingerprint density at radius 3 is 2.14 bits per heavy atom. The third-order valence-corrected chi connectivity index (χ3v) is 3.41. The van der Waals surface area contributed by atoms with Gasteiger partial charge < -0.3 is 10.1 Å². The van der Waals surface area contributed by atoms with Crippen LogP contribution in [-0.2, 0) is 10.0 Å². The molecule has 2 rings (SSSR count). The van der Waals surface area contributed by atoms with E-state index in [-0.39, 0.29) is 5.91 Å². The maximum atomic E-state index is 12.2. The Hall–Kier alpha value is -2.54. The second-order valence-corrected chi connectivity index (χ2v) is 6.35. The van der Waals surface area contributed by atoms with Crippen LogP contribution in [0.2, 0.25) is 0 Å². The molecule has 0 spiro atoms. The average molecular weight is 320 g/mol. The van der Waals surface area contributed by atoms with Crippen molar-refractivity contribution in [2.24, 2.45) is 0 Å². The highest BCUT2D eigenvalue weighted by Crippen LogP contribution is 2.23. The van der Waals surface area contributed by atoms with E-state index >= 15 is 0 Å². The summed E-state index contributed by atoms with van der Waals surface area (Å²) in [6, 6.07) is 13.2. The van der Waals surface area contributed by atoms with E-state index in [1.54, 1.807) is 55.6 Å². The van der Waals surface area contributed by atoms with Crippen molar-refractivity contribution in [3.05, 3.63) is 54.1 Å². The number of ether oxygens (including phenoxy) is 1. The van der Waals surface area contributed by atoms with Gasteiger partial charge in [0, 0.05) is 5.56 Å². The molecule has 6 nitrogen and oxygen atoms in total. The summed E-state index contributed by atoms with van der Waals surface area (Å²) in [5.74, 6) is 0.307. The lowest BCUT2D eigenvalue weighted by Gasteiger charge is -2.12. The van der Waals surface area contributed by atoms with E-state index in [9.17, 15) is 13.2 Å². The molecule has 0 aliphatic heterocycles. The molecule has 2 aromatic carbocycles. The second kappa shape index (κ2) is 6.48. The molecule has 22 heavy (non-hydrogen) atoms. The Kier molecular flexibility index (Phi) is 4.67. The summed E-state index contributed by atoms with van der Waals surface area (Å²) in [4.78, 5) is 12.2. The van der Waals surface area contributed by atoms with Gasteiger partial charge in [-0.3, -0.25) is 9.52 Å². The van der Waals surface area contributed by atoms with Crippen LogP contribution in [-0.4, -0.2) is 27.7 Å². The second-order valence-electron chi connectivity index (χ2n) is 4.60. The van der Waals surface area contributed by atoms with Crippen molar-refractivity contribution in [2.75, 3.05) is 23.4 Å². The highest BCUT2D eigenvalue weighted by molar-refractivity contribution is 7.92. The predicted octanol–water partition coefficient (Wildman–Crippen LogP) is 2.32. The molecule has 0 radical (unpaired) electrons. The number of carbonyl (C=O) groups excluding carboxylic acids is 1. The van der Waals surface area contributed by atoms with Crippen molar-refractivity contribution >= 4 is 27.3 Å². The SMILES string of the molecule is COc1ccc(C(=O)Nc2ccccc2NS(C)(=O)=O)cc1. The van der Waals surface area contributed by atoms with Crippen LogP contribution in [0, 0.1) is 0 Å². The van der Waals surface area contributed by atoms with Crippen LogP contribution >= 0.6 is 0 Å². The Morgan fingerprint density at radius 2 is 1.59 bits per heavy atom. The molecule has 0 fully saturated rings. The first kappa shape index (κ1) is 15.8. The first-order valence-corrected chi connectivity index (χ1v) is 8.30. The summed E-state index contributed by atoms with van der Waals surface area (Å²) >= 11 is 0. The molecule has 1 amide bonds. The number of methoxy groups -OCH3 is 1. The lowest BCUT2D eigenvalue weighted by Crippen LogP contribution is -2.16. The van der Waals surface area contributed by atoms with Gasteiger partial charge in [-0.1, -0.05) is 12.1 Å². The van der Waals surface area contributed by atoms with Gasteiger partial charge in [-0.05, 0) is 36.4 Å². The molecule has 0 atom stereocenters. The Balaban J connectivity index is 2.21. The van der Waals surface area contributed by atoms with Gasteiger partial charge in [0.15, 0.2) is 0 Å². The summed E-state index contributed by atoms with van der Waals surface area (Å²) in [6.45, 7) is 0. The summed E-state index contributed by atoms with van der Waals surface area (Å²) < 4.78 is 30.1. The van der Waals surface area contributed by atoms with E-state index in [0.717, 1.165) is 6.26 Å². The molecule has 2 aromatic rings. The van der Waals surface area contributed by atoms with Crippen molar-refractivity contribution in [3.8, 4) is 5.75 Å². The zero-order chi connectivity index (χ0) is 16.2. The molecular formula is C15H16N2O4S. The molecule has 116 valence electrons. The number of anilines is 2. The van der Waals surface area contributed by atoms with Gasteiger partial charge in [0.05, 0.1) is 24.7 Å².